The fourth-order valence-electron chi connectivity index (χ4n) is 1.83. The molecule has 2 aromatic carbocycles. The Morgan fingerprint density at radius 3 is 1.56 bits per heavy atom. The van der Waals surface area contributed by atoms with E-state index in [0.717, 1.165) is 22.1 Å². The Bertz CT molecular complexity index is 631. The lowest BCUT2D eigenvalue weighted by Crippen LogP contribution is -2.17. The monoisotopic (exact) mass is 212 g/mol. The van der Waals surface area contributed by atoms with Gasteiger partial charge in [0.25, 0.3) is 22.1 Å². The zero-order valence-electron chi connectivity index (χ0n) is 8.62. The number of nitrogens with two attached hydrogens (primary N) is 2. The topological polar surface area (TPSA) is 80.3 Å². The number of H-pyrrole nitrogens is 2. The van der Waals surface area contributed by atoms with Crippen LogP contribution < -0.4 is 21.4 Å². The zero-order chi connectivity index (χ0) is 11.1. The van der Waals surface area contributed by atoms with Crippen LogP contribution >= 0.6 is 0 Å². The molecule has 1 heterocycles. The predicted octanol–water partition coefficient (Wildman–Crippen LogP) is 0.786. The molecule has 1 aromatic heterocycles. The Hall–Kier alpha value is -2.36. The molecule has 0 atom stereocenters. The van der Waals surface area contributed by atoms with E-state index >= 15 is 0 Å². The van der Waals surface area contributed by atoms with E-state index < -0.39 is 0 Å². The number of fused-ring (bicyclic) bond motifs is 2. The van der Waals surface area contributed by atoms with Crippen LogP contribution in [-0.2, 0) is 0 Å². The summed E-state index contributed by atoms with van der Waals surface area (Å²) in [4.78, 5) is 6.62. The summed E-state index contributed by atoms with van der Waals surface area (Å²) in [5, 5.41) is 0. The highest BCUT2D eigenvalue weighted by Crippen LogP contribution is 2.18. The maximum Gasteiger partial charge on any atom is 0.278 e. The summed E-state index contributed by atoms with van der Waals surface area (Å²) in [5.41, 5.74) is 16.7. The largest absolute Gasteiger partial charge is 0.397 e. The maximum absolute atomic E-state index is 5.77. The number of hydrogen-bond donors (Lipinski definition) is 2. The van der Waals surface area contributed by atoms with Gasteiger partial charge in [-0.15, -0.1) is 0 Å². The molecular formula is C12H12N4+2. The Morgan fingerprint density at radius 1 is 0.688 bits per heavy atom. The molecule has 3 aromatic rings. The number of nitrogen functional groups attached to an aromatic ring is 2. The normalized spacial score (nSPS) is 11.0. The Morgan fingerprint density at radius 2 is 1.12 bits per heavy atom. The molecule has 4 nitrogen and oxygen atoms in total. The van der Waals surface area contributed by atoms with Crippen molar-refractivity contribution in [1.82, 2.24) is 0 Å². The van der Waals surface area contributed by atoms with Crippen molar-refractivity contribution in [2.45, 2.75) is 0 Å². The molecule has 0 fully saturated rings. The van der Waals surface area contributed by atoms with E-state index in [1.807, 2.05) is 36.4 Å². The summed E-state index contributed by atoms with van der Waals surface area (Å²) in [5.74, 6) is 0. The highest BCUT2D eigenvalue weighted by molar-refractivity contribution is 5.83. The third kappa shape index (κ3) is 1.24. The Balaban J connectivity index is 2.46. The van der Waals surface area contributed by atoms with Crippen LogP contribution in [-0.4, -0.2) is 0 Å². The van der Waals surface area contributed by atoms with Crippen molar-refractivity contribution in [1.29, 1.82) is 0 Å². The molecule has 0 amide bonds. The molecule has 6 N–H and O–H groups in total. The lowest BCUT2D eigenvalue weighted by molar-refractivity contribution is -0.361. The van der Waals surface area contributed by atoms with Gasteiger partial charge in [0, 0.05) is 24.3 Å². The van der Waals surface area contributed by atoms with Crippen molar-refractivity contribution in [2.75, 3.05) is 11.5 Å². The van der Waals surface area contributed by atoms with Crippen molar-refractivity contribution in [2.24, 2.45) is 0 Å². The first-order chi connectivity index (χ1) is 7.74. The molecule has 0 saturated carbocycles. The van der Waals surface area contributed by atoms with Gasteiger partial charge in [-0.1, -0.05) is 12.1 Å². The van der Waals surface area contributed by atoms with Gasteiger partial charge in [-0.3, -0.25) is 0 Å². The van der Waals surface area contributed by atoms with Gasteiger partial charge in [0.1, 0.15) is 0 Å². The zero-order valence-corrected chi connectivity index (χ0v) is 8.62. The highest BCUT2D eigenvalue weighted by atomic mass is 14.8. The quantitative estimate of drug-likeness (QED) is 0.426. The van der Waals surface area contributed by atoms with Gasteiger partial charge in [-0.2, -0.15) is 9.97 Å². The van der Waals surface area contributed by atoms with Crippen LogP contribution in [0.1, 0.15) is 0 Å². The summed E-state index contributed by atoms with van der Waals surface area (Å²) in [6, 6.07) is 11.7. The average molecular weight is 212 g/mol. The van der Waals surface area contributed by atoms with Crippen molar-refractivity contribution in [3.63, 3.8) is 0 Å². The summed E-state index contributed by atoms with van der Waals surface area (Å²) in [6.45, 7) is 0. The van der Waals surface area contributed by atoms with Crippen LogP contribution in [0.2, 0.25) is 0 Å². The number of aromatic amines is 2. The molecule has 4 heteroatoms. The molecule has 0 aliphatic carbocycles. The van der Waals surface area contributed by atoms with E-state index in [1.54, 1.807) is 0 Å². The van der Waals surface area contributed by atoms with Crippen LogP contribution in [0, 0.1) is 0 Å². The smallest absolute Gasteiger partial charge is 0.278 e. The number of anilines is 2. The van der Waals surface area contributed by atoms with Gasteiger partial charge < -0.3 is 11.5 Å². The van der Waals surface area contributed by atoms with Crippen molar-refractivity contribution >= 4 is 33.4 Å². The van der Waals surface area contributed by atoms with Crippen molar-refractivity contribution in [3.05, 3.63) is 36.4 Å². The van der Waals surface area contributed by atoms with Crippen LogP contribution in [0.15, 0.2) is 36.4 Å². The van der Waals surface area contributed by atoms with E-state index in [-0.39, 0.29) is 0 Å². The first kappa shape index (κ1) is 8.91. The fourth-order valence-corrected chi connectivity index (χ4v) is 1.83. The number of hydrogen-bond acceptors (Lipinski definition) is 2. The van der Waals surface area contributed by atoms with Gasteiger partial charge >= 0.3 is 0 Å². The molecule has 0 radical (unpaired) electrons. The highest BCUT2D eigenvalue weighted by Gasteiger charge is 2.14. The number of para-hydroxylation sites is 2. The molecule has 78 valence electrons. The van der Waals surface area contributed by atoms with E-state index in [0.29, 0.717) is 11.4 Å². The molecule has 16 heavy (non-hydrogen) atoms. The first-order valence-electron chi connectivity index (χ1n) is 5.06. The second-order valence-electron chi connectivity index (χ2n) is 3.82. The lowest BCUT2D eigenvalue weighted by Gasteiger charge is -1.96. The molecule has 0 aliphatic rings. The summed E-state index contributed by atoms with van der Waals surface area (Å²) in [6.07, 6.45) is 0. The second kappa shape index (κ2) is 3.06. The standard InChI is InChI=1S/C12H10N4/c13-7-5-11-12(6-8(7)14)16-10-4-2-1-3-9(10)15-11/h1-6H,13-14H2/p+2. The van der Waals surface area contributed by atoms with Crippen molar-refractivity contribution in [3.8, 4) is 0 Å². The minimum Gasteiger partial charge on any atom is -0.397 e. The summed E-state index contributed by atoms with van der Waals surface area (Å²) >= 11 is 0. The summed E-state index contributed by atoms with van der Waals surface area (Å²) < 4.78 is 0. The van der Waals surface area contributed by atoms with Gasteiger partial charge in [0.05, 0.1) is 11.4 Å². The molecular weight excluding hydrogens is 200 g/mol. The fraction of sp³-hybridized carbons (Fsp3) is 0. The predicted molar refractivity (Wildman–Crippen MR) is 63.4 cm³/mol. The summed E-state index contributed by atoms with van der Waals surface area (Å²) in [7, 11) is 0. The first-order valence-corrected chi connectivity index (χ1v) is 5.06. The number of nitrogens with one attached hydrogen (secondary N) is 2. The van der Waals surface area contributed by atoms with Crippen LogP contribution in [0.4, 0.5) is 11.4 Å². The van der Waals surface area contributed by atoms with Crippen LogP contribution in [0.25, 0.3) is 22.1 Å². The second-order valence-corrected chi connectivity index (χ2v) is 3.82. The minimum absolute atomic E-state index is 0.590. The lowest BCUT2D eigenvalue weighted by atomic mass is 10.2. The Kier molecular flexibility index (Phi) is 1.71. The molecule has 0 unspecified atom stereocenters. The number of aromatic nitrogens is 2. The Labute approximate surface area is 91.9 Å². The molecule has 3 rings (SSSR count). The molecule has 0 spiro atoms. The molecule has 0 aliphatic heterocycles. The number of benzene rings is 2. The van der Waals surface area contributed by atoms with Crippen LogP contribution in [0.5, 0.6) is 0 Å². The third-order valence-corrected chi connectivity index (χ3v) is 2.69. The third-order valence-electron chi connectivity index (χ3n) is 2.69. The van der Waals surface area contributed by atoms with Gasteiger partial charge in [-0.05, 0) is 0 Å². The van der Waals surface area contributed by atoms with Gasteiger partial charge in [-0.25, -0.2) is 0 Å². The van der Waals surface area contributed by atoms with E-state index in [4.69, 9.17) is 11.5 Å². The molecule has 0 saturated heterocycles. The number of rotatable bonds is 0. The van der Waals surface area contributed by atoms with Gasteiger partial charge in [0.2, 0.25) is 0 Å². The average Bonchev–Trinajstić information content (AvgIpc) is 2.28. The minimum atomic E-state index is 0.590. The SMILES string of the molecule is Nc1cc2[nH+]c3ccccc3[nH+]c2cc1N. The van der Waals surface area contributed by atoms with E-state index in [2.05, 4.69) is 9.97 Å². The van der Waals surface area contributed by atoms with E-state index in [9.17, 15) is 0 Å². The van der Waals surface area contributed by atoms with Crippen molar-refractivity contribution < 1.29 is 9.97 Å². The van der Waals surface area contributed by atoms with Crippen LogP contribution in [0.3, 0.4) is 0 Å². The van der Waals surface area contributed by atoms with Gasteiger partial charge in [0.15, 0.2) is 0 Å². The molecule has 0 bridgehead atoms. The van der Waals surface area contributed by atoms with E-state index in [1.165, 1.54) is 0 Å². The maximum atomic E-state index is 5.77.